The number of fused-ring (bicyclic) bond motifs is 3. The van der Waals surface area contributed by atoms with E-state index in [-0.39, 0.29) is 18.9 Å². The molecule has 2 aliphatic rings. The topological polar surface area (TPSA) is 91.7 Å². The molecule has 1 atom stereocenters. The third-order valence-electron chi connectivity index (χ3n) is 4.68. The molecule has 156 valence electrons. The summed E-state index contributed by atoms with van der Waals surface area (Å²) in [7, 11) is 3.99. The minimum Gasteiger partial charge on any atom is -0.467 e. The molecule has 0 bridgehead atoms. The van der Waals surface area contributed by atoms with Gasteiger partial charge in [0.15, 0.2) is 6.79 Å². The molecule has 1 aromatic carbocycles. The van der Waals surface area contributed by atoms with Gasteiger partial charge in [-0.3, -0.25) is 9.78 Å². The monoisotopic (exact) mass is 408 g/mol. The number of aromatic nitrogens is 1. The summed E-state index contributed by atoms with van der Waals surface area (Å²) >= 11 is 0. The second kappa shape index (κ2) is 9.02. The van der Waals surface area contributed by atoms with Crippen LogP contribution in [0.1, 0.15) is 15.9 Å². The van der Waals surface area contributed by atoms with Crippen molar-refractivity contribution in [3.8, 4) is 5.75 Å². The summed E-state index contributed by atoms with van der Waals surface area (Å²) in [5, 5.41) is 2.93. The number of amidine groups is 1. The second-order valence-electron chi connectivity index (χ2n) is 7.23. The number of carbonyl (C=O) groups is 1. The Morgan fingerprint density at radius 2 is 2.23 bits per heavy atom. The summed E-state index contributed by atoms with van der Waals surface area (Å²) in [5.74, 6) is 1.27. The highest BCUT2D eigenvalue weighted by Crippen LogP contribution is 2.31. The number of likely N-dealkylation sites (N-methyl/N-ethyl adjacent to an activating group) is 1. The maximum absolute atomic E-state index is 12.4. The Labute approximate surface area is 175 Å². The van der Waals surface area contributed by atoms with Crippen LogP contribution in [-0.2, 0) is 4.74 Å². The van der Waals surface area contributed by atoms with E-state index in [9.17, 15) is 4.79 Å². The fourth-order valence-corrected chi connectivity index (χ4v) is 3.12. The number of hydrogen-bond donors (Lipinski definition) is 1. The lowest BCUT2D eigenvalue weighted by Gasteiger charge is -2.21. The van der Waals surface area contributed by atoms with Crippen molar-refractivity contribution in [2.75, 3.05) is 40.6 Å². The SMILES string of the molecule is CN(C)CCOCOc1ccc2c(c1)N=CN1CC(NC(=O)c3cccnc3)N=C21. The van der Waals surface area contributed by atoms with E-state index in [1.54, 1.807) is 24.7 Å². The lowest BCUT2D eigenvalue weighted by Crippen LogP contribution is -2.38. The van der Waals surface area contributed by atoms with Gasteiger partial charge in [-0.25, -0.2) is 9.98 Å². The molecule has 3 heterocycles. The smallest absolute Gasteiger partial charge is 0.254 e. The number of pyridine rings is 1. The summed E-state index contributed by atoms with van der Waals surface area (Å²) in [6.45, 7) is 2.16. The molecule has 0 spiro atoms. The molecule has 9 nitrogen and oxygen atoms in total. The fraction of sp³-hybridized carbons (Fsp3) is 0.333. The van der Waals surface area contributed by atoms with Gasteiger partial charge in [0.25, 0.3) is 5.91 Å². The van der Waals surface area contributed by atoms with Crippen LogP contribution in [0.5, 0.6) is 5.75 Å². The van der Waals surface area contributed by atoms with Gasteiger partial charge in [-0.15, -0.1) is 0 Å². The predicted molar refractivity (Wildman–Crippen MR) is 113 cm³/mol. The Bertz CT molecular complexity index is 960. The Hall–Kier alpha value is -3.30. The quantitative estimate of drug-likeness (QED) is 0.526. The first-order valence-electron chi connectivity index (χ1n) is 9.69. The molecule has 0 fully saturated rings. The van der Waals surface area contributed by atoms with Crippen LogP contribution in [0.4, 0.5) is 5.69 Å². The van der Waals surface area contributed by atoms with E-state index < -0.39 is 0 Å². The number of ether oxygens (including phenoxy) is 2. The number of nitrogens with one attached hydrogen (secondary N) is 1. The van der Waals surface area contributed by atoms with Crippen LogP contribution in [0.15, 0.2) is 52.7 Å². The summed E-state index contributed by atoms with van der Waals surface area (Å²) in [6.07, 6.45) is 4.54. The molecule has 2 aromatic rings. The molecule has 2 aliphatic heterocycles. The maximum atomic E-state index is 12.4. The van der Waals surface area contributed by atoms with E-state index in [0.717, 1.165) is 23.6 Å². The van der Waals surface area contributed by atoms with E-state index in [1.165, 1.54) is 6.20 Å². The van der Waals surface area contributed by atoms with E-state index in [2.05, 4.69) is 20.3 Å². The first-order chi connectivity index (χ1) is 14.6. The highest BCUT2D eigenvalue weighted by molar-refractivity contribution is 6.12. The van der Waals surface area contributed by atoms with Gasteiger partial charge in [-0.1, -0.05) is 0 Å². The molecular weight excluding hydrogens is 384 g/mol. The van der Waals surface area contributed by atoms with Gasteiger partial charge in [0.1, 0.15) is 17.8 Å². The van der Waals surface area contributed by atoms with Crippen LogP contribution in [0.2, 0.25) is 0 Å². The number of amides is 1. The van der Waals surface area contributed by atoms with Gasteiger partial charge in [0, 0.05) is 30.6 Å². The van der Waals surface area contributed by atoms with Crippen LogP contribution < -0.4 is 10.1 Å². The van der Waals surface area contributed by atoms with Crippen molar-refractivity contribution in [1.29, 1.82) is 0 Å². The standard InChI is InChI=1S/C21H24N6O3/c1-26(2)8-9-29-14-30-16-5-6-17-18(10-16)23-13-27-12-19(24-20(17)27)25-21(28)15-4-3-7-22-11-15/h3-7,10-11,13,19H,8-9,12,14H2,1-2H3,(H,25,28). The Morgan fingerprint density at radius 1 is 1.33 bits per heavy atom. The lowest BCUT2D eigenvalue weighted by atomic mass is 10.1. The first kappa shape index (κ1) is 20.0. The minimum atomic E-state index is -0.355. The average molecular weight is 408 g/mol. The van der Waals surface area contributed by atoms with E-state index in [4.69, 9.17) is 9.47 Å². The van der Waals surface area contributed by atoms with Crippen molar-refractivity contribution < 1.29 is 14.3 Å². The molecule has 0 aliphatic carbocycles. The van der Waals surface area contributed by atoms with Crippen LogP contribution >= 0.6 is 0 Å². The average Bonchev–Trinajstić information content (AvgIpc) is 3.16. The van der Waals surface area contributed by atoms with Gasteiger partial charge in [0.2, 0.25) is 0 Å². The molecule has 0 saturated heterocycles. The summed E-state index contributed by atoms with van der Waals surface area (Å²) in [4.78, 5) is 29.5. The normalized spacial score (nSPS) is 16.8. The molecular formula is C21H24N6O3. The summed E-state index contributed by atoms with van der Waals surface area (Å²) < 4.78 is 11.1. The van der Waals surface area contributed by atoms with E-state index in [0.29, 0.717) is 24.5 Å². The first-order valence-corrected chi connectivity index (χ1v) is 9.69. The van der Waals surface area contributed by atoms with Gasteiger partial charge in [-0.05, 0) is 38.4 Å². The van der Waals surface area contributed by atoms with Gasteiger partial charge >= 0.3 is 0 Å². The van der Waals surface area contributed by atoms with Crippen LogP contribution in [0.3, 0.4) is 0 Å². The van der Waals surface area contributed by atoms with Gasteiger partial charge in [-0.2, -0.15) is 0 Å². The van der Waals surface area contributed by atoms with Crippen molar-refractivity contribution in [2.45, 2.75) is 6.17 Å². The zero-order valence-corrected chi connectivity index (χ0v) is 17.0. The van der Waals surface area contributed by atoms with Crippen LogP contribution in [0, 0.1) is 0 Å². The molecule has 9 heteroatoms. The summed E-state index contributed by atoms with van der Waals surface area (Å²) in [5.41, 5.74) is 2.18. The van der Waals surface area contributed by atoms with Gasteiger partial charge < -0.3 is 24.6 Å². The number of carbonyl (C=O) groups excluding carboxylic acids is 1. The number of nitrogens with zero attached hydrogens (tertiary/aromatic N) is 5. The molecule has 1 unspecified atom stereocenters. The Kier molecular flexibility index (Phi) is 6.01. The molecule has 30 heavy (non-hydrogen) atoms. The number of rotatable bonds is 8. The van der Waals surface area contributed by atoms with Crippen molar-refractivity contribution in [2.24, 2.45) is 9.98 Å². The van der Waals surface area contributed by atoms with Gasteiger partial charge in [0.05, 0.1) is 30.7 Å². The zero-order chi connectivity index (χ0) is 20.9. The second-order valence-corrected chi connectivity index (χ2v) is 7.23. The molecule has 0 saturated carbocycles. The minimum absolute atomic E-state index is 0.186. The van der Waals surface area contributed by atoms with Crippen LogP contribution in [0.25, 0.3) is 0 Å². The molecule has 1 N–H and O–H groups in total. The highest BCUT2D eigenvalue weighted by atomic mass is 16.7. The van der Waals surface area contributed by atoms with Crippen molar-refractivity contribution in [3.63, 3.8) is 0 Å². The number of aliphatic imine (C=N–C) groups is 2. The fourth-order valence-electron chi connectivity index (χ4n) is 3.12. The third kappa shape index (κ3) is 4.64. The summed E-state index contributed by atoms with van der Waals surface area (Å²) in [6, 6.07) is 9.12. The van der Waals surface area contributed by atoms with Crippen molar-refractivity contribution in [3.05, 3.63) is 53.9 Å². The molecule has 4 rings (SSSR count). The van der Waals surface area contributed by atoms with E-state index >= 15 is 0 Å². The van der Waals surface area contributed by atoms with Crippen LogP contribution in [-0.4, -0.2) is 79.6 Å². The predicted octanol–water partition coefficient (Wildman–Crippen LogP) is 1.49. The molecule has 1 aromatic heterocycles. The largest absolute Gasteiger partial charge is 0.467 e. The van der Waals surface area contributed by atoms with Crippen molar-refractivity contribution >= 4 is 23.8 Å². The third-order valence-corrected chi connectivity index (χ3v) is 4.68. The highest BCUT2D eigenvalue weighted by Gasteiger charge is 2.30. The Morgan fingerprint density at radius 3 is 3.03 bits per heavy atom. The van der Waals surface area contributed by atoms with E-state index in [1.807, 2.05) is 42.1 Å². The molecule has 1 amide bonds. The lowest BCUT2D eigenvalue weighted by molar-refractivity contribution is 0.00964. The number of benzene rings is 1. The maximum Gasteiger partial charge on any atom is 0.254 e. The zero-order valence-electron chi connectivity index (χ0n) is 17.0. The molecule has 0 radical (unpaired) electrons. The van der Waals surface area contributed by atoms with Crippen molar-refractivity contribution in [1.82, 2.24) is 20.1 Å². The number of hydrogen-bond acceptors (Lipinski definition) is 8. The Balaban J connectivity index is 1.39.